The van der Waals surface area contributed by atoms with Gasteiger partial charge in [-0.1, -0.05) is 78.2 Å². The summed E-state index contributed by atoms with van der Waals surface area (Å²) in [6, 6.07) is 19.1. The number of likely N-dealkylation sites (N-methyl/N-ethyl adjacent to an activating group) is 1. The fraction of sp³-hybridized carbons (Fsp3) is 0.286. The second kappa shape index (κ2) is 13.1. The van der Waals surface area contributed by atoms with Crippen LogP contribution in [0.3, 0.4) is 0 Å². The smallest absolute Gasteiger partial charge is 0.264 e. The van der Waals surface area contributed by atoms with Gasteiger partial charge in [0.2, 0.25) is 11.8 Å². The molecule has 0 aliphatic carbocycles. The molecule has 3 aromatic carbocycles. The fourth-order valence-electron chi connectivity index (χ4n) is 4.04. The Bertz CT molecular complexity index is 1350. The Morgan fingerprint density at radius 2 is 1.53 bits per heavy atom. The van der Waals surface area contributed by atoms with Crippen molar-refractivity contribution >= 4 is 50.7 Å². The molecule has 202 valence electrons. The van der Waals surface area contributed by atoms with E-state index in [-0.39, 0.29) is 33.1 Å². The molecule has 0 heterocycles. The normalized spacial score (nSPS) is 12.0. The fourth-order valence-corrected chi connectivity index (χ4v) is 5.95. The van der Waals surface area contributed by atoms with E-state index in [9.17, 15) is 18.0 Å². The summed E-state index contributed by atoms with van der Waals surface area (Å²) in [6.45, 7) is 5.43. The van der Waals surface area contributed by atoms with Crippen molar-refractivity contribution < 1.29 is 18.0 Å². The van der Waals surface area contributed by atoms with E-state index in [2.05, 4.69) is 5.32 Å². The van der Waals surface area contributed by atoms with Gasteiger partial charge in [0.05, 0.1) is 10.6 Å². The van der Waals surface area contributed by atoms with Gasteiger partial charge in [0.15, 0.2) is 0 Å². The van der Waals surface area contributed by atoms with Crippen LogP contribution in [0, 0.1) is 6.92 Å². The number of anilines is 1. The standard InChI is InChI=1S/C28H31Cl2N3O4S/c1-4-26(28(35)31-5-2)32(18-21-9-7-6-8-10-21)27(34)19-33(24-16-22(29)15-23(30)17-24)38(36,37)25-13-11-20(3)12-14-25/h6-17,26H,4-5,18-19H2,1-3H3,(H,31,35)/t26-/m0/s1. The van der Waals surface area contributed by atoms with Crippen LogP contribution < -0.4 is 9.62 Å². The second-order valence-corrected chi connectivity index (χ2v) is 11.5. The summed E-state index contributed by atoms with van der Waals surface area (Å²) in [6.07, 6.45) is 0.345. The monoisotopic (exact) mass is 575 g/mol. The van der Waals surface area contributed by atoms with E-state index in [4.69, 9.17) is 23.2 Å². The molecule has 3 aromatic rings. The molecule has 0 aliphatic heterocycles. The van der Waals surface area contributed by atoms with Crippen LogP contribution >= 0.6 is 23.2 Å². The van der Waals surface area contributed by atoms with Crippen molar-refractivity contribution in [1.29, 1.82) is 0 Å². The Morgan fingerprint density at radius 3 is 2.08 bits per heavy atom. The first kappa shape index (κ1) is 29.5. The average Bonchev–Trinajstić information content (AvgIpc) is 2.87. The lowest BCUT2D eigenvalue weighted by molar-refractivity contribution is -0.140. The summed E-state index contributed by atoms with van der Waals surface area (Å²) in [4.78, 5) is 28.3. The van der Waals surface area contributed by atoms with E-state index in [1.807, 2.05) is 44.2 Å². The molecule has 7 nitrogen and oxygen atoms in total. The number of hydrogen-bond donors (Lipinski definition) is 1. The summed E-state index contributed by atoms with van der Waals surface area (Å²) < 4.78 is 28.7. The number of rotatable bonds is 11. The number of sulfonamides is 1. The minimum atomic E-state index is -4.20. The molecule has 0 unspecified atom stereocenters. The zero-order valence-electron chi connectivity index (χ0n) is 21.5. The Balaban J connectivity index is 2.08. The molecule has 0 radical (unpaired) electrons. The predicted octanol–water partition coefficient (Wildman–Crippen LogP) is 5.44. The first-order chi connectivity index (χ1) is 18.1. The zero-order chi connectivity index (χ0) is 27.9. The summed E-state index contributed by atoms with van der Waals surface area (Å²) in [5.74, 6) is -0.850. The third-order valence-corrected chi connectivity index (χ3v) is 8.18. The van der Waals surface area contributed by atoms with E-state index >= 15 is 0 Å². The van der Waals surface area contributed by atoms with E-state index in [0.717, 1.165) is 15.4 Å². The number of halogens is 2. The Kier molecular flexibility index (Phi) is 10.2. The Labute approximate surface area is 234 Å². The van der Waals surface area contributed by atoms with E-state index in [1.165, 1.54) is 35.2 Å². The minimum Gasteiger partial charge on any atom is -0.355 e. The number of hydrogen-bond acceptors (Lipinski definition) is 4. The highest BCUT2D eigenvalue weighted by atomic mass is 35.5. The first-order valence-corrected chi connectivity index (χ1v) is 14.4. The molecule has 0 spiro atoms. The lowest BCUT2D eigenvalue weighted by Crippen LogP contribution is -2.52. The topological polar surface area (TPSA) is 86.8 Å². The summed E-state index contributed by atoms with van der Waals surface area (Å²) >= 11 is 12.4. The lowest BCUT2D eigenvalue weighted by atomic mass is 10.1. The highest BCUT2D eigenvalue weighted by Gasteiger charge is 2.33. The molecular formula is C28H31Cl2N3O4S. The molecule has 0 fully saturated rings. The molecule has 1 N–H and O–H groups in total. The van der Waals surface area contributed by atoms with E-state index in [1.54, 1.807) is 19.1 Å². The summed E-state index contributed by atoms with van der Waals surface area (Å²) in [7, 11) is -4.20. The highest BCUT2D eigenvalue weighted by molar-refractivity contribution is 7.92. The summed E-state index contributed by atoms with van der Waals surface area (Å²) in [5.41, 5.74) is 1.84. The van der Waals surface area contributed by atoms with Gasteiger partial charge in [-0.25, -0.2) is 8.42 Å². The molecule has 3 rings (SSSR count). The number of amides is 2. The Morgan fingerprint density at radius 1 is 0.921 bits per heavy atom. The molecule has 10 heteroatoms. The van der Waals surface area contributed by atoms with E-state index < -0.39 is 28.5 Å². The SMILES string of the molecule is CCNC(=O)[C@H](CC)N(Cc1ccccc1)C(=O)CN(c1cc(Cl)cc(Cl)c1)S(=O)(=O)c1ccc(C)cc1. The van der Waals surface area contributed by atoms with Crippen LogP contribution in [-0.2, 0) is 26.2 Å². The van der Waals surface area contributed by atoms with Crippen molar-refractivity contribution in [3.05, 3.63) is 94.0 Å². The molecule has 0 saturated heterocycles. The number of aryl methyl sites for hydroxylation is 1. The molecule has 0 saturated carbocycles. The third-order valence-electron chi connectivity index (χ3n) is 5.96. The quantitative estimate of drug-likeness (QED) is 0.330. The molecule has 38 heavy (non-hydrogen) atoms. The van der Waals surface area contributed by atoms with Crippen molar-refractivity contribution in [3.8, 4) is 0 Å². The number of carbonyl (C=O) groups is 2. The van der Waals surface area contributed by atoms with Gasteiger partial charge < -0.3 is 10.2 Å². The van der Waals surface area contributed by atoms with Crippen LogP contribution in [0.2, 0.25) is 10.0 Å². The number of carbonyl (C=O) groups excluding carboxylic acids is 2. The van der Waals surface area contributed by atoms with Gasteiger partial charge in [0.25, 0.3) is 10.0 Å². The molecular weight excluding hydrogens is 545 g/mol. The number of nitrogens with zero attached hydrogens (tertiary/aromatic N) is 2. The number of benzene rings is 3. The molecule has 0 aromatic heterocycles. The van der Waals surface area contributed by atoms with Crippen LogP contribution in [0.1, 0.15) is 31.4 Å². The van der Waals surface area contributed by atoms with Gasteiger partial charge >= 0.3 is 0 Å². The summed E-state index contributed by atoms with van der Waals surface area (Å²) in [5, 5.41) is 3.22. The largest absolute Gasteiger partial charge is 0.355 e. The van der Waals surface area contributed by atoms with Crippen molar-refractivity contribution in [1.82, 2.24) is 10.2 Å². The second-order valence-electron chi connectivity index (χ2n) is 8.78. The van der Waals surface area contributed by atoms with Crippen LogP contribution in [0.5, 0.6) is 0 Å². The van der Waals surface area contributed by atoms with Crippen molar-refractivity contribution in [3.63, 3.8) is 0 Å². The maximum absolute atomic E-state index is 13.9. The zero-order valence-corrected chi connectivity index (χ0v) is 23.9. The van der Waals surface area contributed by atoms with Gasteiger partial charge in [0, 0.05) is 23.1 Å². The van der Waals surface area contributed by atoms with Gasteiger partial charge in [-0.15, -0.1) is 0 Å². The molecule has 2 amide bonds. The number of nitrogens with one attached hydrogen (secondary N) is 1. The average molecular weight is 577 g/mol. The van der Waals surface area contributed by atoms with Gasteiger partial charge in [-0.05, 0) is 56.2 Å². The maximum Gasteiger partial charge on any atom is 0.264 e. The van der Waals surface area contributed by atoms with Gasteiger partial charge in [-0.2, -0.15) is 0 Å². The molecule has 0 bridgehead atoms. The van der Waals surface area contributed by atoms with Gasteiger partial charge in [-0.3, -0.25) is 13.9 Å². The molecule has 0 aliphatic rings. The van der Waals surface area contributed by atoms with Crippen molar-refractivity contribution in [2.24, 2.45) is 0 Å². The Hall–Kier alpha value is -3.07. The predicted molar refractivity (Wildman–Crippen MR) is 152 cm³/mol. The highest BCUT2D eigenvalue weighted by Crippen LogP contribution is 2.30. The van der Waals surface area contributed by atoms with Crippen LogP contribution in [0.4, 0.5) is 5.69 Å². The molecule has 1 atom stereocenters. The first-order valence-electron chi connectivity index (χ1n) is 12.2. The third kappa shape index (κ3) is 7.28. The van der Waals surface area contributed by atoms with Crippen LogP contribution in [0.15, 0.2) is 77.7 Å². The van der Waals surface area contributed by atoms with Gasteiger partial charge in [0.1, 0.15) is 12.6 Å². The lowest BCUT2D eigenvalue weighted by Gasteiger charge is -2.33. The minimum absolute atomic E-state index is 0.0115. The van der Waals surface area contributed by atoms with E-state index in [0.29, 0.717) is 13.0 Å². The van der Waals surface area contributed by atoms with Crippen molar-refractivity contribution in [2.45, 2.75) is 44.7 Å². The van der Waals surface area contributed by atoms with Crippen LogP contribution in [0.25, 0.3) is 0 Å². The maximum atomic E-state index is 13.9. The van der Waals surface area contributed by atoms with Crippen LogP contribution in [-0.4, -0.2) is 44.3 Å². The van der Waals surface area contributed by atoms with Crippen molar-refractivity contribution in [2.75, 3.05) is 17.4 Å².